The van der Waals surface area contributed by atoms with Gasteiger partial charge in [0.2, 0.25) is 0 Å². The second kappa shape index (κ2) is 10.7. The number of benzene rings is 2. The highest BCUT2D eigenvalue weighted by molar-refractivity contribution is 9.10. The van der Waals surface area contributed by atoms with Crippen LogP contribution in [0.25, 0.3) is 0 Å². The lowest BCUT2D eigenvalue weighted by molar-refractivity contribution is -0.144. The molecule has 4 atom stereocenters. The van der Waals surface area contributed by atoms with Gasteiger partial charge in [-0.15, -0.1) is 0 Å². The van der Waals surface area contributed by atoms with Crippen molar-refractivity contribution in [2.24, 2.45) is 5.92 Å². The van der Waals surface area contributed by atoms with Crippen LogP contribution in [0, 0.1) is 5.92 Å². The Morgan fingerprint density at radius 2 is 2.00 bits per heavy atom. The molecule has 8 heteroatoms. The van der Waals surface area contributed by atoms with E-state index in [1.54, 1.807) is 7.11 Å². The van der Waals surface area contributed by atoms with Crippen molar-refractivity contribution in [3.8, 4) is 11.5 Å². The summed E-state index contributed by atoms with van der Waals surface area (Å²) < 4.78 is 23.2. The number of carbonyl (C=O) groups is 2. The van der Waals surface area contributed by atoms with Crippen LogP contribution in [0.5, 0.6) is 11.5 Å². The molecular weight excluding hydrogens is 478 g/mol. The first-order valence-electron chi connectivity index (χ1n) is 10.5. The quantitative estimate of drug-likeness (QED) is 0.543. The molecule has 1 aliphatic rings. The molecule has 1 N–H and O–H groups in total. The van der Waals surface area contributed by atoms with Crippen LogP contribution in [0.4, 0.5) is 4.79 Å². The topological polar surface area (TPSA) is 83.1 Å². The van der Waals surface area contributed by atoms with E-state index in [1.165, 1.54) is 7.11 Å². The molecule has 0 saturated carbocycles. The number of hydrogen-bond acceptors (Lipinski definition) is 6. The van der Waals surface area contributed by atoms with E-state index in [9.17, 15) is 9.59 Å². The minimum absolute atomic E-state index is 0.108. The summed E-state index contributed by atoms with van der Waals surface area (Å²) in [5, 5.41) is 2.67. The predicted molar refractivity (Wildman–Crippen MR) is 123 cm³/mol. The normalized spacial score (nSPS) is 19.0. The van der Waals surface area contributed by atoms with Crippen molar-refractivity contribution in [3.63, 3.8) is 0 Å². The fraction of sp³-hybridized carbons (Fsp3) is 0.417. The van der Waals surface area contributed by atoms with E-state index in [0.717, 1.165) is 21.3 Å². The van der Waals surface area contributed by atoms with Gasteiger partial charge in [0.1, 0.15) is 23.6 Å². The first kappa shape index (κ1) is 23.9. The van der Waals surface area contributed by atoms with Crippen molar-refractivity contribution in [2.45, 2.75) is 44.9 Å². The van der Waals surface area contributed by atoms with Crippen LogP contribution in [0.15, 0.2) is 46.9 Å². The summed E-state index contributed by atoms with van der Waals surface area (Å²) in [6.07, 6.45) is -0.694. The van der Waals surface area contributed by atoms with E-state index in [1.807, 2.05) is 56.3 Å². The third-order valence-electron chi connectivity index (χ3n) is 5.66. The Balaban J connectivity index is 1.86. The third-order valence-corrected chi connectivity index (χ3v) is 6.15. The van der Waals surface area contributed by atoms with Crippen molar-refractivity contribution in [1.82, 2.24) is 5.32 Å². The SMILES string of the molecule is CC[C@H](C)[C@@H](NC(=O)O[C@@H]1Cc2cc(Br)ccc2O[C@H]1c1cccc(OC)c1)C(=O)OC. The van der Waals surface area contributed by atoms with Crippen molar-refractivity contribution in [2.75, 3.05) is 14.2 Å². The Morgan fingerprint density at radius 1 is 1.22 bits per heavy atom. The van der Waals surface area contributed by atoms with E-state index >= 15 is 0 Å². The average Bonchev–Trinajstić information content (AvgIpc) is 2.81. The van der Waals surface area contributed by atoms with Crippen LogP contribution < -0.4 is 14.8 Å². The molecule has 0 aromatic heterocycles. The molecule has 3 rings (SSSR count). The number of carbonyl (C=O) groups excluding carboxylic acids is 2. The van der Waals surface area contributed by atoms with E-state index < -0.39 is 30.3 Å². The number of fused-ring (bicyclic) bond motifs is 1. The molecule has 0 saturated heterocycles. The van der Waals surface area contributed by atoms with Gasteiger partial charge in [-0.3, -0.25) is 0 Å². The van der Waals surface area contributed by atoms with Gasteiger partial charge in [-0.25, -0.2) is 9.59 Å². The van der Waals surface area contributed by atoms with Gasteiger partial charge in [-0.2, -0.15) is 0 Å². The van der Waals surface area contributed by atoms with Gasteiger partial charge >= 0.3 is 12.1 Å². The molecule has 0 spiro atoms. The molecule has 0 radical (unpaired) electrons. The zero-order valence-electron chi connectivity index (χ0n) is 18.6. The van der Waals surface area contributed by atoms with Crippen LogP contribution >= 0.6 is 15.9 Å². The number of alkyl carbamates (subject to hydrolysis) is 1. The Labute approximate surface area is 196 Å². The van der Waals surface area contributed by atoms with Crippen LogP contribution in [-0.2, 0) is 20.7 Å². The lowest BCUT2D eigenvalue weighted by atomic mass is 9.94. The van der Waals surface area contributed by atoms with Crippen LogP contribution in [0.3, 0.4) is 0 Å². The third kappa shape index (κ3) is 5.54. The maximum Gasteiger partial charge on any atom is 0.408 e. The summed E-state index contributed by atoms with van der Waals surface area (Å²) in [5.41, 5.74) is 1.74. The number of esters is 1. The Morgan fingerprint density at radius 3 is 2.69 bits per heavy atom. The van der Waals surface area contributed by atoms with E-state index in [-0.39, 0.29) is 5.92 Å². The molecule has 1 heterocycles. The number of amides is 1. The number of rotatable bonds is 7. The smallest absolute Gasteiger partial charge is 0.408 e. The molecule has 0 aliphatic carbocycles. The highest BCUT2D eigenvalue weighted by Gasteiger charge is 2.36. The maximum absolute atomic E-state index is 12.8. The van der Waals surface area contributed by atoms with Gasteiger partial charge in [-0.1, -0.05) is 48.3 Å². The number of nitrogens with one attached hydrogen (secondary N) is 1. The van der Waals surface area contributed by atoms with Gasteiger partial charge in [-0.05, 0) is 47.4 Å². The molecule has 1 amide bonds. The van der Waals surface area contributed by atoms with Gasteiger partial charge in [0.15, 0.2) is 6.10 Å². The molecule has 2 aromatic carbocycles. The van der Waals surface area contributed by atoms with Crippen molar-refractivity contribution < 1.29 is 28.5 Å². The Hall–Kier alpha value is -2.74. The van der Waals surface area contributed by atoms with Crippen LogP contribution in [0.2, 0.25) is 0 Å². The lowest BCUT2D eigenvalue weighted by Crippen LogP contribution is -2.48. The number of halogens is 1. The first-order valence-corrected chi connectivity index (χ1v) is 11.3. The van der Waals surface area contributed by atoms with Gasteiger partial charge < -0.3 is 24.3 Å². The van der Waals surface area contributed by atoms with Gasteiger partial charge in [0.05, 0.1) is 14.2 Å². The summed E-state index contributed by atoms with van der Waals surface area (Å²) in [6, 6.07) is 12.4. The standard InChI is InChI=1S/C24H28BrNO6/c1-5-14(2)21(23(27)30-4)26-24(28)32-20-13-16-11-17(25)9-10-19(16)31-22(20)15-7-6-8-18(12-15)29-3/h6-12,14,20-22H,5,13H2,1-4H3,(H,26,28)/t14-,20+,21+,22-/m0/s1. The van der Waals surface area contributed by atoms with Gasteiger partial charge in [0.25, 0.3) is 0 Å². The zero-order chi connectivity index (χ0) is 23.3. The number of hydrogen-bond donors (Lipinski definition) is 1. The van der Waals surface area contributed by atoms with E-state index in [2.05, 4.69) is 21.2 Å². The molecule has 1 aliphatic heterocycles. The second-order valence-electron chi connectivity index (χ2n) is 7.75. The van der Waals surface area contributed by atoms with Crippen molar-refractivity contribution in [1.29, 1.82) is 0 Å². The molecule has 172 valence electrons. The van der Waals surface area contributed by atoms with Gasteiger partial charge in [0, 0.05) is 10.9 Å². The molecule has 2 aromatic rings. The van der Waals surface area contributed by atoms with E-state index in [4.69, 9.17) is 18.9 Å². The molecule has 0 bridgehead atoms. The molecule has 0 unspecified atom stereocenters. The fourth-order valence-electron chi connectivity index (χ4n) is 3.66. The summed E-state index contributed by atoms with van der Waals surface area (Å²) in [6.45, 7) is 3.81. The maximum atomic E-state index is 12.8. The first-order chi connectivity index (χ1) is 15.4. The fourth-order valence-corrected chi connectivity index (χ4v) is 4.07. The number of ether oxygens (including phenoxy) is 4. The highest BCUT2D eigenvalue weighted by atomic mass is 79.9. The van der Waals surface area contributed by atoms with Crippen molar-refractivity contribution in [3.05, 3.63) is 58.1 Å². The minimum Gasteiger partial charge on any atom is -0.497 e. The number of methoxy groups -OCH3 is 2. The van der Waals surface area contributed by atoms with E-state index in [0.29, 0.717) is 18.6 Å². The summed E-state index contributed by atoms with van der Waals surface area (Å²) in [5.74, 6) is 0.796. The molecule has 32 heavy (non-hydrogen) atoms. The van der Waals surface area contributed by atoms with Crippen molar-refractivity contribution >= 4 is 28.0 Å². The summed E-state index contributed by atoms with van der Waals surface area (Å²) in [7, 11) is 2.89. The average molecular weight is 506 g/mol. The zero-order valence-corrected chi connectivity index (χ0v) is 20.2. The minimum atomic E-state index is -0.793. The lowest BCUT2D eigenvalue weighted by Gasteiger charge is -2.34. The summed E-state index contributed by atoms with van der Waals surface area (Å²) >= 11 is 3.48. The van der Waals surface area contributed by atoms with Crippen LogP contribution in [0.1, 0.15) is 37.5 Å². The second-order valence-corrected chi connectivity index (χ2v) is 8.66. The Kier molecular flexibility index (Phi) is 8.01. The molecule has 0 fully saturated rings. The predicted octanol–water partition coefficient (Wildman–Crippen LogP) is 4.82. The monoisotopic (exact) mass is 505 g/mol. The largest absolute Gasteiger partial charge is 0.497 e. The Bertz CT molecular complexity index is 965. The molecule has 7 nitrogen and oxygen atoms in total. The highest BCUT2D eigenvalue weighted by Crippen LogP contribution is 2.38. The molecular formula is C24H28BrNO6. The van der Waals surface area contributed by atoms with Crippen LogP contribution in [-0.4, -0.2) is 38.4 Å². The summed E-state index contributed by atoms with van der Waals surface area (Å²) in [4.78, 5) is 25.0.